The van der Waals surface area contributed by atoms with E-state index in [4.69, 9.17) is 4.74 Å². The van der Waals surface area contributed by atoms with Gasteiger partial charge in [-0.25, -0.2) is 0 Å². The van der Waals surface area contributed by atoms with Crippen molar-refractivity contribution in [2.24, 2.45) is 0 Å². The fourth-order valence-electron chi connectivity index (χ4n) is 1.92. The molecule has 0 fully saturated rings. The van der Waals surface area contributed by atoms with Crippen LogP contribution in [0.15, 0.2) is 53.0 Å². The first-order chi connectivity index (χ1) is 10.2. The van der Waals surface area contributed by atoms with Gasteiger partial charge in [-0.3, -0.25) is 0 Å². The molecule has 2 aromatic carbocycles. The van der Waals surface area contributed by atoms with Crippen LogP contribution in [0.3, 0.4) is 0 Å². The van der Waals surface area contributed by atoms with Crippen molar-refractivity contribution in [2.75, 3.05) is 13.7 Å². The lowest BCUT2D eigenvalue weighted by Crippen LogP contribution is -2.14. The van der Waals surface area contributed by atoms with E-state index in [1.807, 2.05) is 49.5 Å². The maximum atomic E-state index is 5.80. The third kappa shape index (κ3) is 4.63. The van der Waals surface area contributed by atoms with Crippen LogP contribution in [0.25, 0.3) is 0 Å². The van der Waals surface area contributed by atoms with Crippen LogP contribution in [0.2, 0.25) is 0 Å². The van der Waals surface area contributed by atoms with Crippen molar-refractivity contribution < 1.29 is 4.74 Å². The molecule has 0 saturated heterocycles. The Morgan fingerprint density at radius 1 is 1.19 bits per heavy atom. The van der Waals surface area contributed by atoms with Gasteiger partial charge in [-0.1, -0.05) is 46.0 Å². The quantitative estimate of drug-likeness (QED) is 0.841. The van der Waals surface area contributed by atoms with E-state index < -0.39 is 0 Å². The van der Waals surface area contributed by atoms with Gasteiger partial charge in [0.2, 0.25) is 0 Å². The minimum Gasteiger partial charge on any atom is -0.481 e. The smallest absolute Gasteiger partial charge is 0.149 e. The van der Waals surface area contributed by atoms with Crippen LogP contribution in [0.1, 0.15) is 24.1 Å². The van der Waals surface area contributed by atoms with E-state index >= 15 is 0 Å². The van der Waals surface area contributed by atoms with Gasteiger partial charge in [0.1, 0.15) is 12.4 Å². The van der Waals surface area contributed by atoms with E-state index in [1.54, 1.807) is 0 Å². The first-order valence-electron chi connectivity index (χ1n) is 6.84. The average Bonchev–Trinajstić information content (AvgIpc) is 2.53. The summed E-state index contributed by atoms with van der Waals surface area (Å²) in [4.78, 5) is 0. The Kier molecular flexibility index (Phi) is 5.86. The van der Waals surface area contributed by atoms with Crippen molar-refractivity contribution in [3.8, 4) is 17.6 Å². The lowest BCUT2D eigenvalue weighted by Gasteiger charge is -2.16. The Hall–Kier alpha value is -1.76. The van der Waals surface area contributed by atoms with E-state index in [-0.39, 0.29) is 6.04 Å². The zero-order valence-corrected chi connectivity index (χ0v) is 13.8. The third-order valence-electron chi connectivity index (χ3n) is 3.18. The Labute approximate surface area is 134 Å². The fourth-order valence-corrected chi connectivity index (χ4v) is 2.30. The van der Waals surface area contributed by atoms with Gasteiger partial charge in [0.05, 0.1) is 0 Å². The number of ether oxygens (including phenoxy) is 1. The minimum atomic E-state index is 0.222. The van der Waals surface area contributed by atoms with Gasteiger partial charge in [-0.05, 0) is 44.3 Å². The molecule has 1 N–H and O–H groups in total. The van der Waals surface area contributed by atoms with E-state index in [0.717, 1.165) is 21.3 Å². The number of nitrogens with one attached hydrogen (secondary N) is 1. The van der Waals surface area contributed by atoms with Gasteiger partial charge >= 0.3 is 0 Å². The van der Waals surface area contributed by atoms with Crippen LogP contribution in [0.4, 0.5) is 0 Å². The molecule has 108 valence electrons. The van der Waals surface area contributed by atoms with Crippen LogP contribution in [-0.4, -0.2) is 13.7 Å². The van der Waals surface area contributed by atoms with Crippen molar-refractivity contribution in [3.05, 3.63) is 64.1 Å². The molecular weight excluding hydrogens is 326 g/mol. The van der Waals surface area contributed by atoms with E-state index in [1.165, 1.54) is 0 Å². The maximum absolute atomic E-state index is 5.80. The summed E-state index contributed by atoms with van der Waals surface area (Å²) in [5.41, 5.74) is 2.12. The maximum Gasteiger partial charge on any atom is 0.149 e. The summed E-state index contributed by atoms with van der Waals surface area (Å²) in [5, 5.41) is 3.23. The van der Waals surface area contributed by atoms with Gasteiger partial charge < -0.3 is 10.1 Å². The molecule has 3 heteroatoms. The second-order valence-electron chi connectivity index (χ2n) is 4.65. The molecule has 0 aromatic heterocycles. The number of halogens is 1. The Morgan fingerprint density at radius 2 is 1.95 bits per heavy atom. The predicted molar refractivity (Wildman–Crippen MR) is 90.4 cm³/mol. The fraction of sp³-hybridized carbons (Fsp3) is 0.222. The highest BCUT2D eigenvalue weighted by Crippen LogP contribution is 2.28. The van der Waals surface area contributed by atoms with Crippen LogP contribution >= 0.6 is 15.9 Å². The van der Waals surface area contributed by atoms with Crippen molar-refractivity contribution in [2.45, 2.75) is 13.0 Å². The van der Waals surface area contributed by atoms with Crippen LogP contribution < -0.4 is 10.1 Å². The highest BCUT2D eigenvalue weighted by atomic mass is 79.9. The normalized spacial score (nSPS) is 11.4. The highest BCUT2D eigenvalue weighted by Gasteiger charge is 2.10. The molecule has 0 bridgehead atoms. The SMILES string of the molecule is CNC(C)c1cc(Br)ccc1OCC#Cc1ccccc1. The molecule has 0 amide bonds. The van der Waals surface area contributed by atoms with Crippen molar-refractivity contribution in [1.29, 1.82) is 0 Å². The van der Waals surface area contributed by atoms with Gasteiger partial charge in [0.15, 0.2) is 0 Å². The van der Waals surface area contributed by atoms with Crippen LogP contribution in [0, 0.1) is 11.8 Å². The number of hydrogen-bond acceptors (Lipinski definition) is 2. The lowest BCUT2D eigenvalue weighted by atomic mass is 10.1. The molecule has 2 rings (SSSR count). The second kappa shape index (κ2) is 7.87. The molecule has 0 radical (unpaired) electrons. The summed E-state index contributed by atoms with van der Waals surface area (Å²) in [6, 6.07) is 16.2. The largest absolute Gasteiger partial charge is 0.481 e. The molecule has 0 heterocycles. The average molecular weight is 344 g/mol. The lowest BCUT2D eigenvalue weighted by molar-refractivity contribution is 0.361. The molecule has 0 saturated carbocycles. The monoisotopic (exact) mass is 343 g/mol. The summed E-state index contributed by atoms with van der Waals surface area (Å²) in [6.07, 6.45) is 0. The second-order valence-corrected chi connectivity index (χ2v) is 5.56. The molecule has 2 nitrogen and oxygen atoms in total. The minimum absolute atomic E-state index is 0.222. The highest BCUT2D eigenvalue weighted by molar-refractivity contribution is 9.10. The zero-order valence-electron chi connectivity index (χ0n) is 12.2. The molecule has 1 atom stereocenters. The van der Waals surface area contributed by atoms with Gasteiger partial charge in [-0.2, -0.15) is 0 Å². The summed E-state index contributed by atoms with van der Waals surface area (Å²) < 4.78 is 6.85. The van der Waals surface area contributed by atoms with E-state index in [2.05, 4.69) is 46.1 Å². The molecular formula is C18H18BrNO. The number of benzene rings is 2. The van der Waals surface area contributed by atoms with Gasteiger partial charge in [0, 0.05) is 21.6 Å². The molecule has 0 spiro atoms. The molecule has 21 heavy (non-hydrogen) atoms. The first kappa shape index (κ1) is 15.6. The summed E-state index contributed by atoms with van der Waals surface area (Å²) in [5.74, 6) is 7.00. The Morgan fingerprint density at radius 3 is 2.67 bits per heavy atom. The zero-order chi connectivity index (χ0) is 15.1. The number of hydrogen-bond donors (Lipinski definition) is 1. The first-order valence-corrected chi connectivity index (χ1v) is 7.63. The van der Waals surface area contributed by atoms with Gasteiger partial charge in [0.25, 0.3) is 0 Å². The predicted octanol–water partition coefficient (Wildman–Crippen LogP) is 4.16. The molecule has 2 aromatic rings. The summed E-state index contributed by atoms with van der Waals surface area (Å²) in [7, 11) is 1.94. The molecule has 1 unspecified atom stereocenters. The molecule has 0 aliphatic rings. The summed E-state index contributed by atoms with van der Waals surface area (Å²) >= 11 is 3.49. The van der Waals surface area contributed by atoms with Crippen molar-refractivity contribution >= 4 is 15.9 Å². The van der Waals surface area contributed by atoms with Gasteiger partial charge in [-0.15, -0.1) is 0 Å². The topological polar surface area (TPSA) is 21.3 Å². The van der Waals surface area contributed by atoms with Crippen molar-refractivity contribution in [3.63, 3.8) is 0 Å². The van der Waals surface area contributed by atoms with Crippen LogP contribution in [-0.2, 0) is 0 Å². The standard InChI is InChI=1S/C18H18BrNO/c1-14(20-2)17-13-16(19)10-11-18(17)21-12-6-9-15-7-4-3-5-8-15/h3-5,7-8,10-11,13-14,20H,12H2,1-2H3. The van der Waals surface area contributed by atoms with E-state index in [0.29, 0.717) is 6.61 Å². The van der Waals surface area contributed by atoms with Crippen LogP contribution in [0.5, 0.6) is 5.75 Å². The molecule has 0 aliphatic heterocycles. The Balaban J connectivity index is 2.05. The van der Waals surface area contributed by atoms with E-state index in [9.17, 15) is 0 Å². The molecule has 0 aliphatic carbocycles. The summed E-state index contributed by atoms with van der Waals surface area (Å²) in [6.45, 7) is 2.48. The van der Waals surface area contributed by atoms with Crippen molar-refractivity contribution in [1.82, 2.24) is 5.32 Å². The number of rotatable bonds is 4. The Bertz CT molecular complexity index is 643. The third-order valence-corrected chi connectivity index (χ3v) is 3.67.